The monoisotopic (exact) mass is 350 g/mol. The normalized spacial score (nSPS) is 25.2. The van der Waals surface area contributed by atoms with E-state index in [0.717, 1.165) is 24.5 Å². The highest BCUT2D eigenvalue weighted by atomic mass is 15.1. The number of pyridine rings is 1. The summed E-state index contributed by atoms with van der Waals surface area (Å²) in [5.41, 5.74) is 9.83. The average molecular weight is 351 g/mol. The third-order valence-electron chi connectivity index (χ3n) is 5.53. The van der Waals surface area contributed by atoms with Gasteiger partial charge in [-0.1, -0.05) is 50.2 Å². The molecule has 1 aliphatic carbocycles. The van der Waals surface area contributed by atoms with Crippen LogP contribution in [0, 0.1) is 5.41 Å². The lowest BCUT2D eigenvalue weighted by molar-refractivity contribution is 0.192. The summed E-state index contributed by atoms with van der Waals surface area (Å²) < 4.78 is 0. The molecule has 4 N–H and O–H groups in total. The zero-order chi connectivity index (χ0) is 18.8. The molecule has 1 aromatic heterocycles. The van der Waals surface area contributed by atoms with Gasteiger partial charge in [0.15, 0.2) is 0 Å². The number of anilines is 1. The van der Waals surface area contributed by atoms with Crippen LogP contribution >= 0.6 is 0 Å². The summed E-state index contributed by atoms with van der Waals surface area (Å²) in [6, 6.07) is 16.6. The van der Waals surface area contributed by atoms with Crippen molar-refractivity contribution in [2.45, 2.75) is 52.2 Å². The highest BCUT2D eigenvalue weighted by molar-refractivity contribution is 5.43. The quantitative estimate of drug-likeness (QED) is 0.760. The van der Waals surface area contributed by atoms with Crippen molar-refractivity contribution in [2.24, 2.45) is 11.1 Å². The van der Waals surface area contributed by atoms with Crippen molar-refractivity contribution in [1.82, 2.24) is 10.3 Å². The van der Waals surface area contributed by atoms with Gasteiger partial charge in [-0.15, -0.1) is 0 Å². The van der Waals surface area contributed by atoms with E-state index in [1.807, 2.05) is 30.5 Å². The van der Waals surface area contributed by atoms with E-state index in [9.17, 15) is 0 Å². The maximum atomic E-state index is 6.64. The zero-order valence-electron chi connectivity index (χ0n) is 16.2. The van der Waals surface area contributed by atoms with E-state index >= 15 is 0 Å². The van der Waals surface area contributed by atoms with Crippen LogP contribution in [0.5, 0.6) is 0 Å². The zero-order valence-corrected chi connectivity index (χ0v) is 16.2. The van der Waals surface area contributed by atoms with Crippen LogP contribution in [-0.4, -0.2) is 16.6 Å². The van der Waals surface area contributed by atoms with Crippen LogP contribution in [0.15, 0.2) is 66.0 Å². The SMILES string of the molecule is CC1=C(N)C(C)(NCc2ccccc2)CC(C)(C)C1Nc1ccccn1. The van der Waals surface area contributed by atoms with Gasteiger partial charge in [-0.3, -0.25) is 0 Å². The Morgan fingerprint density at radius 1 is 1.08 bits per heavy atom. The van der Waals surface area contributed by atoms with Gasteiger partial charge in [0, 0.05) is 18.4 Å². The molecule has 138 valence electrons. The molecule has 0 bridgehead atoms. The summed E-state index contributed by atoms with van der Waals surface area (Å²) >= 11 is 0. The first-order valence-electron chi connectivity index (χ1n) is 9.25. The third-order valence-corrected chi connectivity index (χ3v) is 5.53. The highest BCUT2D eigenvalue weighted by Crippen LogP contribution is 2.44. The van der Waals surface area contributed by atoms with Crippen LogP contribution < -0.4 is 16.4 Å². The fourth-order valence-corrected chi connectivity index (χ4v) is 4.24. The number of benzene rings is 1. The maximum Gasteiger partial charge on any atom is 0.126 e. The third kappa shape index (κ3) is 3.75. The molecule has 1 aromatic carbocycles. The molecule has 26 heavy (non-hydrogen) atoms. The molecule has 2 unspecified atom stereocenters. The Balaban J connectivity index is 1.83. The van der Waals surface area contributed by atoms with Crippen molar-refractivity contribution < 1.29 is 0 Å². The van der Waals surface area contributed by atoms with Crippen molar-refractivity contribution in [3.63, 3.8) is 0 Å². The predicted molar refractivity (Wildman–Crippen MR) is 109 cm³/mol. The lowest BCUT2D eigenvalue weighted by Gasteiger charge is -2.49. The summed E-state index contributed by atoms with van der Waals surface area (Å²) in [6.07, 6.45) is 2.76. The number of rotatable bonds is 5. The molecular weight excluding hydrogens is 320 g/mol. The summed E-state index contributed by atoms with van der Waals surface area (Å²) in [5, 5.41) is 7.29. The molecule has 2 atom stereocenters. The van der Waals surface area contributed by atoms with E-state index < -0.39 is 0 Å². The second kappa shape index (κ2) is 7.12. The van der Waals surface area contributed by atoms with Crippen molar-refractivity contribution >= 4 is 5.82 Å². The molecule has 0 saturated carbocycles. The lowest BCUT2D eigenvalue weighted by atomic mass is 9.65. The molecule has 4 nitrogen and oxygen atoms in total. The Bertz CT molecular complexity index is 767. The molecule has 1 aliphatic rings. The average Bonchev–Trinajstić information content (AvgIpc) is 2.63. The first-order valence-corrected chi connectivity index (χ1v) is 9.25. The number of nitrogens with zero attached hydrogens (tertiary/aromatic N) is 1. The lowest BCUT2D eigenvalue weighted by Crippen LogP contribution is -2.57. The van der Waals surface area contributed by atoms with Crippen LogP contribution in [-0.2, 0) is 6.54 Å². The van der Waals surface area contributed by atoms with Gasteiger partial charge in [-0.2, -0.15) is 0 Å². The number of hydrogen-bond donors (Lipinski definition) is 3. The summed E-state index contributed by atoms with van der Waals surface area (Å²) in [7, 11) is 0. The van der Waals surface area contributed by atoms with Crippen molar-refractivity contribution in [1.29, 1.82) is 0 Å². The minimum Gasteiger partial charge on any atom is -0.401 e. The van der Waals surface area contributed by atoms with E-state index in [1.165, 1.54) is 11.1 Å². The molecule has 0 aliphatic heterocycles. The molecule has 3 rings (SSSR count). The minimum absolute atomic E-state index is 0.0307. The first-order chi connectivity index (χ1) is 12.3. The first kappa shape index (κ1) is 18.5. The smallest absolute Gasteiger partial charge is 0.126 e. The largest absolute Gasteiger partial charge is 0.401 e. The van der Waals surface area contributed by atoms with Gasteiger partial charge in [0.1, 0.15) is 5.82 Å². The van der Waals surface area contributed by atoms with E-state index in [2.05, 4.69) is 67.6 Å². The predicted octanol–water partition coefficient (Wildman–Crippen LogP) is 4.07. The van der Waals surface area contributed by atoms with E-state index in [4.69, 9.17) is 5.73 Å². The van der Waals surface area contributed by atoms with Crippen LogP contribution in [0.4, 0.5) is 5.82 Å². The maximum absolute atomic E-state index is 6.64. The second-order valence-corrected chi connectivity index (χ2v) is 8.23. The fraction of sp³-hybridized carbons (Fsp3) is 0.409. The van der Waals surface area contributed by atoms with Crippen molar-refractivity contribution in [3.8, 4) is 0 Å². The highest BCUT2D eigenvalue weighted by Gasteiger charge is 2.45. The number of nitrogens with one attached hydrogen (secondary N) is 2. The molecule has 0 fully saturated rings. The molecule has 0 amide bonds. The molecule has 0 radical (unpaired) electrons. The molecule has 0 saturated heterocycles. The summed E-state index contributed by atoms with van der Waals surface area (Å²) in [4.78, 5) is 4.42. The van der Waals surface area contributed by atoms with Crippen LogP contribution in [0.1, 0.15) is 39.7 Å². The van der Waals surface area contributed by atoms with Gasteiger partial charge in [0.25, 0.3) is 0 Å². The Kier molecular flexibility index (Phi) is 5.05. The van der Waals surface area contributed by atoms with Gasteiger partial charge < -0.3 is 16.4 Å². The second-order valence-electron chi connectivity index (χ2n) is 8.23. The molecule has 0 spiro atoms. The summed E-state index contributed by atoms with van der Waals surface area (Å²) in [6.45, 7) is 9.75. The Morgan fingerprint density at radius 3 is 2.42 bits per heavy atom. The van der Waals surface area contributed by atoms with Gasteiger partial charge >= 0.3 is 0 Å². The topological polar surface area (TPSA) is 63.0 Å². The Morgan fingerprint density at radius 2 is 1.77 bits per heavy atom. The van der Waals surface area contributed by atoms with E-state index in [1.54, 1.807) is 0 Å². The standard InChI is InChI=1S/C22H30N4/c1-16-19(23)22(4,25-14-17-10-6-5-7-11-17)15-21(2,3)20(16)26-18-12-8-9-13-24-18/h5-13,20,25H,14-15,23H2,1-4H3,(H,24,26). The molecule has 2 aromatic rings. The fourth-order valence-electron chi connectivity index (χ4n) is 4.24. The van der Waals surface area contributed by atoms with Gasteiger partial charge in [0.2, 0.25) is 0 Å². The molecule has 1 heterocycles. The van der Waals surface area contributed by atoms with Crippen LogP contribution in [0.3, 0.4) is 0 Å². The minimum atomic E-state index is -0.230. The van der Waals surface area contributed by atoms with E-state index in [0.29, 0.717) is 0 Å². The molecule has 4 heteroatoms. The number of aromatic nitrogens is 1. The van der Waals surface area contributed by atoms with Gasteiger partial charge in [-0.25, -0.2) is 4.98 Å². The number of hydrogen-bond acceptors (Lipinski definition) is 4. The summed E-state index contributed by atoms with van der Waals surface area (Å²) in [5.74, 6) is 0.888. The number of nitrogens with two attached hydrogens (primary N) is 1. The van der Waals surface area contributed by atoms with E-state index in [-0.39, 0.29) is 17.0 Å². The van der Waals surface area contributed by atoms with Gasteiger partial charge in [-0.05, 0) is 49.0 Å². The van der Waals surface area contributed by atoms with Crippen molar-refractivity contribution in [2.75, 3.05) is 5.32 Å². The Hall–Kier alpha value is -2.33. The van der Waals surface area contributed by atoms with Crippen LogP contribution in [0.25, 0.3) is 0 Å². The van der Waals surface area contributed by atoms with Gasteiger partial charge in [0.05, 0.1) is 11.6 Å². The van der Waals surface area contributed by atoms with Crippen molar-refractivity contribution in [3.05, 3.63) is 71.6 Å². The molecular formula is C22H30N4. The van der Waals surface area contributed by atoms with Crippen LogP contribution in [0.2, 0.25) is 0 Å². The Labute approximate surface area is 156 Å².